The Morgan fingerprint density at radius 3 is 2.62 bits per heavy atom. The first-order valence-electron chi connectivity index (χ1n) is 9.75. The summed E-state index contributed by atoms with van der Waals surface area (Å²) in [4.78, 5) is 32.6. The summed E-state index contributed by atoms with van der Waals surface area (Å²) in [6, 6.07) is 7.61. The van der Waals surface area contributed by atoms with Crippen LogP contribution in [0.4, 0.5) is 0 Å². The number of H-pyrrole nitrogens is 1. The topological polar surface area (TPSA) is 92.7 Å². The fourth-order valence-electron chi connectivity index (χ4n) is 4.07. The van der Waals surface area contributed by atoms with E-state index in [0.717, 1.165) is 28.9 Å². The maximum Gasteiger partial charge on any atom is 0.268 e. The normalized spacial score (nSPS) is 16.3. The van der Waals surface area contributed by atoms with E-state index in [9.17, 15) is 9.59 Å². The molecule has 29 heavy (non-hydrogen) atoms. The predicted molar refractivity (Wildman–Crippen MR) is 109 cm³/mol. The van der Waals surface area contributed by atoms with Crippen molar-refractivity contribution in [2.45, 2.75) is 46.6 Å². The number of hydrogen-bond acceptors (Lipinski definition) is 4. The molecule has 7 nitrogen and oxygen atoms in total. The quantitative estimate of drug-likeness (QED) is 0.711. The van der Waals surface area contributed by atoms with E-state index in [-0.39, 0.29) is 23.1 Å². The summed E-state index contributed by atoms with van der Waals surface area (Å²) in [5.74, 6) is -0.0869. The average molecular weight is 391 g/mol. The average Bonchev–Trinajstić information content (AvgIpc) is 3.29. The molecule has 4 rings (SSSR count). The largest absolute Gasteiger partial charge is 0.354 e. The van der Waals surface area contributed by atoms with Crippen molar-refractivity contribution in [3.05, 3.63) is 65.0 Å². The molecule has 0 saturated carbocycles. The van der Waals surface area contributed by atoms with Gasteiger partial charge >= 0.3 is 0 Å². The maximum absolute atomic E-state index is 12.9. The van der Waals surface area contributed by atoms with Crippen LogP contribution < -0.4 is 5.32 Å². The van der Waals surface area contributed by atoms with E-state index in [1.165, 1.54) is 6.33 Å². The third kappa shape index (κ3) is 3.60. The number of rotatable bonds is 4. The number of nitrogens with one attached hydrogen (secondary N) is 2. The molecule has 0 bridgehead atoms. The Labute approximate surface area is 169 Å². The number of fused-ring (bicyclic) bond motifs is 1. The lowest BCUT2D eigenvalue weighted by atomic mass is 9.75. The third-order valence-electron chi connectivity index (χ3n) is 5.55. The van der Waals surface area contributed by atoms with E-state index < -0.39 is 0 Å². The van der Waals surface area contributed by atoms with Crippen molar-refractivity contribution in [3.8, 4) is 5.69 Å². The van der Waals surface area contributed by atoms with Crippen LogP contribution in [0.2, 0.25) is 0 Å². The van der Waals surface area contributed by atoms with Crippen LogP contribution >= 0.6 is 0 Å². The van der Waals surface area contributed by atoms with Gasteiger partial charge in [0, 0.05) is 17.7 Å². The Kier molecular flexibility index (Phi) is 4.61. The molecular weight excluding hydrogens is 366 g/mol. The second-order valence-electron chi connectivity index (χ2n) is 8.55. The summed E-state index contributed by atoms with van der Waals surface area (Å²) in [6.07, 6.45) is 4.40. The Bertz CT molecular complexity index is 1060. The molecule has 1 unspecified atom stereocenters. The summed E-state index contributed by atoms with van der Waals surface area (Å²) in [7, 11) is 0. The second kappa shape index (κ2) is 6.99. The summed E-state index contributed by atoms with van der Waals surface area (Å²) < 4.78 is 1.68. The van der Waals surface area contributed by atoms with Crippen LogP contribution in [0.25, 0.3) is 5.69 Å². The van der Waals surface area contributed by atoms with Crippen LogP contribution in [-0.4, -0.2) is 31.4 Å². The van der Waals surface area contributed by atoms with E-state index in [1.54, 1.807) is 11.0 Å². The molecule has 150 valence electrons. The molecule has 0 fully saturated rings. The lowest BCUT2D eigenvalue weighted by Gasteiger charge is -2.28. The van der Waals surface area contributed by atoms with Gasteiger partial charge in [0.05, 0.1) is 11.7 Å². The Morgan fingerprint density at radius 1 is 1.24 bits per heavy atom. The number of nitrogens with zero attached hydrogens (tertiary/aromatic N) is 3. The van der Waals surface area contributed by atoms with Crippen molar-refractivity contribution in [2.75, 3.05) is 0 Å². The first-order chi connectivity index (χ1) is 13.7. The fourth-order valence-corrected chi connectivity index (χ4v) is 4.07. The minimum absolute atomic E-state index is 0.0890. The van der Waals surface area contributed by atoms with E-state index in [4.69, 9.17) is 0 Å². The van der Waals surface area contributed by atoms with Crippen molar-refractivity contribution in [2.24, 2.45) is 5.41 Å². The number of aromatic nitrogens is 4. The molecule has 3 aromatic rings. The molecule has 0 radical (unpaired) electrons. The smallest absolute Gasteiger partial charge is 0.268 e. The van der Waals surface area contributed by atoms with Gasteiger partial charge in [-0.05, 0) is 48.9 Å². The summed E-state index contributed by atoms with van der Waals surface area (Å²) in [6.45, 7) is 7.94. The zero-order valence-corrected chi connectivity index (χ0v) is 17.1. The van der Waals surface area contributed by atoms with Crippen LogP contribution in [0.1, 0.15) is 70.9 Å². The molecule has 0 aliphatic heterocycles. The van der Waals surface area contributed by atoms with Crippen molar-refractivity contribution in [1.82, 2.24) is 25.1 Å². The molecule has 2 N–H and O–H groups in total. The van der Waals surface area contributed by atoms with E-state index in [2.05, 4.69) is 34.2 Å². The van der Waals surface area contributed by atoms with Crippen LogP contribution in [0.3, 0.4) is 0 Å². The van der Waals surface area contributed by atoms with Gasteiger partial charge in [0.2, 0.25) is 0 Å². The molecule has 2 heterocycles. The highest BCUT2D eigenvalue weighted by Gasteiger charge is 2.35. The highest BCUT2D eigenvalue weighted by atomic mass is 16.2. The zero-order valence-electron chi connectivity index (χ0n) is 17.1. The zero-order chi connectivity index (χ0) is 20.8. The highest BCUT2D eigenvalue weighted by Crippen LogP contribution is 2.36. The molecular formula is C22H25N5O2. The van der Waals surface area contributed by atoms with Crippen molar-refractivity contribution >= 4 is 11.7 Å². The Hall–Kier alpha value is -3.22. The van der Waals surface area contributed by atoms with Crippen molar-refractivity contribution < 1.29 is 9.59 Å². The first kappa shape index (κ1) is 19.1. The number of ketones is 1. The van der Waals surface area contributed by atoms with Gasteiger partial charge in [-0.2, -0.15) is 5.10 Å². The molecule has 7 heteroatoms. The van der Waals surface area contributed by atoms with Crippen LogP contribution in [0, 0.1) is 12.3 Å². The van der Waals surface area contributed by atoms with Gasteiger partial charge in [0.1, 0.15) is 18.3 Å². The fraction of sp³-hybridized carbons (Fsp3) is 0.364. The summed E-state index contributed by atoms with van der Waals surface area (Å²) >= 11 is 0. The highest BCUT2D eigenvalue weighted by molar-refractivity contribution is 6.04. The molecule has 1 aliphatic carbocycles. The van der Waals surface area contributed by atoms with Crippen molar-refractivity contribution in [3.63, 3.8) is 0 Å². The van der Waals surface area contributed by atoms with E-state index in [1.807, 2.05) is 38.1 Å². The number of benzene rings is 1. The molecule has 0 saturated heterocycles. The van der Waals surface area contributed by atoms with Crippen LogP contribution in [0.5, 0.6) is 0 Å². The van der Waals surface area contributed by atoms with Crippen LogP contribution in [0.15, 0.2) is 36.9 Å². The lowest BCUT2D eigenvalue weighted by Crippen LogP contribution is -2.27. The molecule has 1 amide bonds. The lowest BCUT2D eigenvalue weighted by molar-refractivity contribution is 0.0909. The van der Waals surface area contributed by atoms with Gasteiger partial charge in [0.15, 0.2) is 5.78 Å². The standard InChI is InChI=1S/C22H25N5O2/c1-13-19-17(9-22(3,4)10-18(19)28)26-20(13)21(29)25-14(2)15-5-7-16(8-6-15)27-12-23-11-24-27/h5-8,11-12,14,26H,9-10H2,1-4H3,(H,25,29). The minimum Gasteiger partial charge on any atom is -0.354 e. The van der Waals surface area contributed by atoms with E-state index in [0.29, 0.717) is 17.7 Å². The number of aromatic amines is 1. The monoisotopic (exact) mass is 391 g/mol. The number of carbonyl (C=O) groups excluding carboxylic acids is 2. The number of hydrogen-bond donors (Lipinski definition) is 2. The maximum atomic E-state index is 12.9. The second-order valence-corrected chi connectivity index (χ2v) is 8.55. The summed E-state index contributed by atoms with van der Waals surface area (Å²) in [5, 5.41) is 7.15. The summed E-state index contributed by atoms with van der Waals surface area (Å²) in [5.41, 5.74) is 4.58. The third-order valence-corrected chi connectivity index (χ3v) is 5.55. The molecule has 1 aromatic carbocycles. The predicted octanol–water partition coefficient (Wildman–Crippen LogP) is 3.55. The molecule has 0 spiro atoms. The Morgan fingerprint density at radius 2 is 1.97 bits per heavy atom. The van der Waals surface area contributed by atoms with Gasteiger partial charge in [-0.3, -0.25) is 9.59 Å². The first-order valence-corrected chi connectivity index (χ1v) is 9.75. The molecule has 1 aliphatic rings. The number of amides is 1. The number of carbonyl (C=O) groups is 2. The van der Waals surface area contributed by atoms with Gasteiger partial charge in [0.25, 0.3) is 5.91 Å². The van der Waals surface area contributed by atoms with Gasteiger partial charge in [-0.1, -0.05) is 26.0 Å². The minimum atomic E-state index is -0.199. The number of Topliss-reactive ketones (excluding diaryl/α,β-unsaturated/α-hetero) is 1. The van der Waals surface area contributed by atoms with Crippen molar-refractivity contribution in [1.29, 1.82) is 0 Å². The van der Waals surface area contributed by atoms with E-state index >= 15 is 0 Å². The van der Waals surface area contributed by atoms with Gasteiger partial charge < -0.3 is 10.3 Å². The molecule has 2 aromatic heterocycles. The Balaban J connectivity index is 1.52. The van der Waals surface area contributed by atoms with Gasteiger partial charge in [-0.15, -0.1) is 0 Å². The van der Waals surface area contributed by atoms with Crippen LogP contribution in [-0.2, 0) is 6.42 Å². The SMILES string of the molecule is Cc1c(C(=O)NC(C)c2ccc(-n3cncn3)cc2)[nH]c2c1C(=O)CC(C)(C)C2. The van der Waals surface area contributed by atoms with Gasteiger partial charge in [-0.25, -0.2) is 9.67 Å². The molecule has 1 atom stereocenters.